The van der Waals surface area contributed by atoms with Gasteiger partial charge in [0.2, 0.25) is 0 Å². The van der Waals surface area contributed by atoms with E-state index in [1.54, 1.807) is 0 Å². The Balaban J connectivity index is 1.52. The van der Waals surface area contributed by atoms with Gasteiger partial charge in [-0.15, -0.1) is 0 Å². The third-order valence-corrected chi connectivity index (χ3v) is 11.1. The fraction of sp³-hybridized carbons (Fsp3) is 0.897. The van der Waals surface area contributed by atoms with Crippen molar-refractivity contribution in [3.63, 3.8) is 0 Å². The molecule has 176 valence electrons. The molecule has 0 aromatic rings. The Morgan fingerprint density at radius 2 is 1.77 bits per heavy atom. The second kappa shape index (κ2) is 8.62. The van der Waals surface area contributed by atoms with Crippen molar-refractivity contribution in [1.29, 1.82) is 0 Å². The minimum absolute atomic E-state index is 0.147. The van der Waals surface area contributed by atoms with Crippen molar-refractivity contribution in [2.75, 3.05) is 0 Å². The van der Waals surface area contributed by atoms with Crippen LogP contribution in [0.5, 0.6) is 0 Å². The average Bonchev–Trinajstić information content (AvgIpc) is 3.06. The molecule has 0 radical (unpaired) electrons. The number of allylic oxidation sites excluding steroid dienone is 1. The highest BCUT2D eigenvalue weighted by atomic mass is 16.3. The Labute approximate surface area is 191 Å². The maximum Gasteiger partial charge on any atom is 0.159 e. The SMILES string of the molecule is CC[C@@H](CC[C@@H](C)[C@H]1CC[C@@H]2[C@H]3C(=O)C=C4C[C@@H](O)CC[C@]4(C)[C@H]3CC[C@@]21C)C(C)C. The zero-order valence-corrected chi connectivity index (χ0v) is 21.1. The van der Waals surface area contributed by atoms with Gasteiger partial charge in [-0.25, -0.2) is 0 Å². The van der Waals surface area contributed by atoms with E-state index in [0.717, 1.165) is 42.9 Å². The fourth-order valence-corrected chi connectivity index (χ4v) is 9.04. The Morgan fingerprint density at radius 3 is 2.45 bits per heavy atom. The van der Waals surface area contributed by atoms with E-state index >= 15 is 0 Å². The van der Waals surface area contributed by atoms with Gasteiger partial charge in [0.15, 0.2) is 5.78 Å². The van der Waals surface area contributed by atoms with Crippen LogP contribution < -0.4 is 0 Å². The predicted octanol–water partition coefficient (Wildman–Crippen LogP) is 7.20. The first-order valence-corrected chi connectivity index (χ1v) is 13.5. The molecule has 4 aliphatic carbocycles. The summed E-state index contributed by atoms with van der Waals surface area (Å²) in [5.41, 5.74) is 1.75. The largest absolute Gasteiger partial charge is 0.393 e. The maximum atomic E-state index is 13.5. The normalized spacial score (nSPS) is 44.3. The third-order valence-electron chi connectivity index (χ3n) is 11.1. The zero-order chi connectivity index (χ0) is 22.6. The van der Waals surface area contributed by atoms with E-state index in [1.165, 1.54) is 50.5 Å². The van der Waals surface area contributed by atoms with Gasteiger partial charge in [0.05, 0.1) is 6.10 Å². The smallest absolute Gasteiger partial charge is 0.159 e. The molecule has 3 fully saturated rings. The number of rotatable bonds is 6. The summed E-state index contributed by atoms with van der Waals surface area (Å²) in [4.78, 5) is 13.5. The highest BCUT2D eigenvalue weighted by Crippen LogP contribution is 2.66. The molecule has 3 saturated carbocycles. The van der Waals surface area contributed by atoms with Crippen molar-refractivity contribution in [1.82, 2.24) is 0 Å². The number of carbonyl (C=O) groups excluding carboxylic acids is 1. The zero-order valence-electron chi connectivity index (χ0n) is 21.1. The van der Waals surface area contributed by atoms with Gasteiger partial charge in [-0.2, -0.15) is 0 Å². The average molecular weight is 429 g/mol. The Hall–Kier alpha value is -0.630. The molecule has 31 heavy (non-hydrogen) atoms. The minimum atomic E-state index is -0.243. The lowest BCUT2D eigenvalue weighted by atomic mass is 9.46. The number of carbonyl (C=O) groups is 1. The molecule has 0 bridgehead atoms. The van der Waals surface area contributed by atoms with Crippen LogP contribution in [-0.4, -0.2) is 17.0 Å². The van der Waals surface area contributed by atoms with Gasteiger partial charge in [-0.1, -0.05) is 60.0 Å². The van der Waals surface area contributed by atoms with Gasteiger partial charge < -0.3 is 5.11 Å². The lowest BCUT2D eigenvalue weighted by Crippen LogP contribution is -2.53. The van der Waals surface area contributed by atoms with E-state index in [-0.39, 0.29) is 17.4 Å². The number of aliphatic hydroxyl groups is 1. The van der Waals surface area contributed by atoms with Crippen molar-refractivity contribution < 1.29 is 9.90 Å². The molecule has 0 aromatic carbocycles. The summed E-state index contributed by atoms with van der Waals surface area (Å²) >= 11 is 0. The third kappa shape index (κ3) is 3.87. The van der Waals surface area contributed by atoms with E-state index in [0.29, 0.717) is 23.0 Å². The number of fused-ring (bicyclic) bond motifs is 5. The number of hydrogen-bond donors (Lipinski definition) is 1. The Kier molecular flexibility index (Phi) is 6.54. The minimum Gasteiger partial charge on any atom is -0.393 e. The lowest BCUT2D eigenvalue weighted by molar-refractivity contribution is -0.135. The summed E-state index contributed by atoms with van der Waals surface area (Å²) in [5.74, 6) is 4.90. The van der Waals surface area contributed by atoms with Crippen LogP contribution in [0.2, 0.25) is 0 Å². The summed E-state index contributed by atoms with van der Waals surface area (Å²) in [6, 6.07) is 0. The van der Waals surface area contributed by atoms with E-state index in [4.69, 9.17) is 0 Å². The van der Waals surface area contributed by atoms with Gasteiger partial charge in [-0.3, -0.25) is 4.79 Å². The molecule has 0 aromatic heterocycles. The Morgan fingerprint density at radius 1 is 1.03 bits per heavy atom. The first-order chi connectivity index (χ1) is 14.6. The van der Waals surface area contributed by atoms with Gasteiger partial charge in [0, 0.05) is 5.92 Å². The molecule has 1 N–H and O–H groups in total. The van der Waals surface area contributed by atoms with Crippen LogP contribution >= 0.6 is 0 Å². The molecule has 2 heteroatoms. The summed E-state index contributed by atoms with van der Waals surface area (Å²) < 4.78 is 0. The van der Waals surface area contributed by atoms with Crippen LogP contribution in [0.4, 0.5) is 0 Å². The van der Waals surface area contributed by atoms with Crippen LogP contribution in [0.15, 0.2) is 11.6 Å². The molecular weight excluding hydrogens is 380 g/mol. The van der Waals surface area contributed by atoms with Crippen LogP contribution in [0.1, 0.15) is 106 Å². The molecule has 0 heterocycles. The molecule has 0 amide bonds. The van der Waals surface area contributed by atoms with Crippen LogP contribution in [0, 0.1) is 52.3 Å². The second-order valence-corrected chi connectivity index (χ2v) is 12.8. The van der Waals surface area contributed by atoms with Crippen molar-refractivity contribution in [2.24, 2.45) is 52.3 Å². The van der Waals surface area contributed by atoms with Gasteiger partial charge in [0.25, 0.3) is 0 Å². The topological polar surface area (TPSA) is 37.3 Å². The maximum absolute atomic E-state index is 13.5. The van der Waals surface area contributed by atoms with E-state index in [1.807, 2.05) is 6.08 Å². The summed E-state index contributed by atoms with van der Waals surface area (Å²) in [6.07, 6.45) is 13.5. The number of aliphatic hydroxyl groups excluding tert-OH is 1. The predicted molar refractivity (Wildman–Crippen MR) is 129 cm³/mol. The highest BCUT2D eigenvalue weighted by Gasteiger charge is 2.61. The molecule has 0 saturated heterocycles. The summed E-state index contributed by atoms with van der Waals surface area (Å²) in [7, 11) is 0. The summed E-state index contributed by atoms with van der Waals surface area (Å²) in [6.45, 7) is 14.6. The first-order valence-electron chi connectivity index (χ1n) is 13.5. The van der Waals surface area contributed by atoms with E-state index in [2.05, 4.69) is 41.5 Å². The molecule has 0 aliphatic heterocycles. The van der Waals surface area contributed by atoms with E-state index < -0.39 is 0 Å². The second-order valence-electron chi connectivity index (χ2n) is 12.8. The van der Waals surface area contributed by atoms with Crippen LogP contribution in [-0.2, 0) is 4.79 Å². The first kappa shape index (κ1) is 23.5. The van der Waals surface area contributed by atoms with Gasteiger partial charge >= 0.3 is 0 Å². The van der Waals surface area contributed by atoms with Crippen molar-refractivity contribution >= 4 is 5.78 Å². The molecule has 0 spiro atoms. The molecule has 9 atom stereocenters. The molecule has 4 rings (SSSR count). The van der Waals surface area contributed by atoms with Crippen molar-refractivity contribution in [3.8, 4) is 0 Å². The Bertz CT molecular complexity index is 708. The monoisotopic (exact) mass is 428 g/mol. The van der Waals surface area contributed by atoms with Crippen LogP contribution in [0.3, 0.4) is 0 Å². The van der Waals surface area contributed by atoms with Crippen LogP contribution in [0.25, 0.3) is 0 Å². The number of hydrogen-bond acceptors (Lipinski definition) is 2. The van der Waals surface area contributed by atoms with Gasteiger partial charge in [0.1, 0.15) is 0 Å². The standard InChI is InChI=1S/C29H48O2/c1-7-20(18(2)3)9-8-19(4)23-10-11-24-27-25(13-15-29(23,24)6)28(5)14-12-22(30)16-21(28)17-26(27)31/h17-20,22-25,27,30H,7-16H2,1-6H3/t19-,20+,22+,23-,24-,25+,27-,28+,29-/m1/s1. The molecule has 0 unspecified atom stereocenters. The van der Waals surface area contributed by atoms with Gasteiger partial charge in [-0.05, 0) is 104 Å². The van der Waals surface area contributed by atoms with E-state index in [9.17, 15) is 9.90 Å². The highest BCUT2D eigenvalue weighted by molar-refractivity contribution is 5.94. The molecule has 4 aliphatic rings. The fourth-order valence-electron chi connectivity index (χ4n) is 9.04. The van der Waals surface area contributed by atoms with Crippen molar-refractivity contribution in [2.45, 2.75) is 112 Å². The summed E-state index contributed by atoms with van der Waals surface area (Å²) in [5, 5.41) is 10.2. The molecule has 2 nitrogen and oxygen atoms in total. The lowest BCUT2D eigenvalue weighted by Gasteiger charge is -2.57. The molecular formula is C29H48O2. The quantitative estimate of drug-likeness (QED) is 0.485. The van der Waals surface area contributed by atoms with Crippen molar-refractivity contribution in [3.05, 3.63) is 11.6 Å². The number of ketones is 1.